The molecule has 0 aliphatic rings. The molecule has 0 aromatic rings. The number of nitrogens with zero attached hydrogens (tertiary/aromatic N) is 1. The van der Waals surface area contributed by atoms with Crippen LogP contribution in [-0.4, -0.2) is 68.5 Å². The molecule has 3 atom stereocenters. The summed E-state index contributed by atoms with van der Waals surface area (Å²) in [6.45, 7) is 4.69. The first kappa shape index (κ1) is 51.2. The number of aliphatic hydroxyl groups excluding tert-OH is 1. The summed E-state index contributed by atoms with van der Waals surface area (Å²) in [5.41, 5.74) is 0. The summed E-state index contributed by atoms with van der Waals surface area (Å²) in [5.74, 6) is -0.173. The van der Waals surface area contributed by atoms with Crippen LogP contribution in [0.15, 0.2) is 12.2 Å². The van der Waals surface area contributed by atoms with Crippen molar-refractivity contribution < 1.29 is 32.9 Å². The lowest BCUT2D eigenvalue weighted by molar-refractivity contribution is -0.870. The quantitative estimate of drug-likeness (QED) is 0.0279. The van der Waals surface area contributed by atoms with E-state index in [1.54, 1.807) is 0 Å². The average molecular weight is 759 g/mol. The zero-order valence-electron chi connectivity index (χ0n) is 35.0. The summed E-state index contributed by atoms with van der Waals surface area (Å²) in [4.78, 5) is 25.3. The van der Waals surface area contributed by atoms with Crippen molar-refractivity contribution in [3.63, 3.8) is 0 Å². The number of aliphatic hydroxyl groups is 1. The molecule has 0 aliphatic carbocycles. The van der Waals surface area contributed by atoms with E-state index in [0.29, 0.717) is 23.9 Å². The summed E-state index contributed by atoms with van der Waals surface area (Å²) in [7, 11) is 1.29. The van der Waals surface area contributed by atoms with Crippen LogP contribution in [0.25, 0.3) is 0 Å². The molecule has 0 fully saturated rings. The van der Waals surface area contributed by atoms with E-state index >= 15 is 0 Å². The van der Waals surface area contributed by atoms with Crippen LogP contribution in [0.3, 0.4) is 0 Å². The standard InChI is InChI=1S/C43H87N2O6P/c1-6-8-10-12-14-16-18-20-21-22-23-24-25-27-29-31-33-35-37-43(47)44-41(40-51-52(48,49)50-39-38-45(3,4)5)42(46)36-34-32-30-28-26-19-17-15-13-11-9-7-2/h26,28,41-42,46H,6-25,27,29-40H2,1-5H3,(H-,44,47,48,49)/b28-26+/t41-,42+/m0/s1. The summed E-state index contributed by atoms with van der Waals surface area (Å²) in [5, 5.41) is 13.9. The number of amides is 1. The molecule has 0 saturated heterocycles. The maximum absolute atomic E-state index is 12.8. The summed E-state index contributed by atoms with van der Waals surface area (Å²) in [6.07, 6.45) is 39.3. The van der Waals surface area contributed by atoms with Gasteiger partial charge in [0.25, 0.3) is 7.82 Å². The number of unbranched alkanes of at least 4 members (excludes halogenated alkanes) is 25. The van der Waals surface area contributed by atoms with E-state index in [2.05, 4.69) is 31.3 Å². The Morgan fingerprint density at radius 2 is 1.06 bits per heavy atom. The van der Waals surface area contributed by atoms with Gasteiger partial charge < -0.3 is 28.8 Å². The van der Waals surface area contributed by atoms with Gasteiger partial charge >= 0.3 is 0 Å². The first-order valence-electron chi connectivity index (χ1n) is 22.0. The van der Waals surface area contributed by atoms with Crippen LogP contribution in [0.2, 0.25) is 0 Å². The van der Waals surface area contributed by atoms with Gasteiger partial charge in [0.2, 0.25) is 5.91 Å². The van der Waals surface area contributed by atoms with Crippen molar-refractivity contribution in [2.45, 2.75) is 219 Å². The largest absolute Gasteiger partial charge is 0.756 e. The number of hydrogen-bond donors (Lipinski definition) is 2. The highest BCUT2D eigenvalue weighted by Gasteiger charge is 2.24. The zero-order chi connectivity index (χ0) is 38.6. The fraction of sp³-hybridized carbons (Fsp3) is 0.930. The molecule has 0 aliphatic heterocycles. The lowest BCUT2D eigenvalue weighted by Crippen LogP contribution is -2.46. The normalized spacial score (nSPS) is 14.5. The van der Waals surface area contributed by atoms with Crippen LogP contribution in [0.4, 0.5) is 0 Å². The summed E-state index contributed by atoms with van der Waals surface area (Å²) < 4.78 is 23.2. The van der Waals surface area contributed by atoms with Crippen LogP contribution >= 0.6 is 7.82 Å². The first-order valence-corrected chi connectivity index (χ1v) is 23.5. The Bertz CT molecular complexity index is 865. The molecule has 1 amide bonds. The Morgan fingerprint density at radius 1 is 0.654 bits per heavy atom. The highest BCUT2D eigenvalue weighted by molar-refractivity contribution is 7.45. The minimum Gasteiger partial charge on any atom is -0.756 e. The van der Waals surface area contributed by atoms with Crippen molar-refractivity contribution in [2.75, 3.05) is 40.9 Å². The molecule has 310 valence electrons. The zero-order valence-corrected chi connectivity index (χ0v) is 35.9. The predicted octanol–water partition coefficient (Wildman–Crippen LogP) is 11.3. The Labute approximate surface area is 322 Å². The minimum absolute atomic E-state index is 0.00951. The molecule has 2 N–H and O–H groups in total. The van der Waals surface area contributed by atoms with Gasteiger partial charge in [0.05, 0.1) is 39.9 Å². The van der Waals surface area contributed by atoms with Gasteiger partial charge in [0, 0.05) is 6.42 Å². The number of likely N-dealkylation sites (N-methyl/N-ethyl adjacent to an activating group) is 1. The van der Waals surface area contributed by atoms with Crippen molar-refractivity contribution in [3.8, 4) is 0 Å². The molecule has 8 nitrogen and oxygen atoms in total. The Kier molecular flexibility index (Phi) is 35.4. The third-order valence-corrected chi connectivity index (χ3v) is 11.0. The number of carbonyl (C=O) groups excluding carboxylic acids is 1. The van der Waals surface area contributed by atoms with Crippen LogP contribution in [0.1, 0.15) is 206 Å². The number of rotatable bonds is 40. The highest BCUT2D eigenvalue weighted by Crippen LogP contribution is 2.38. The number of quaternary nitrogens is 1. The fourth-order valence-electron chi connectivity index (χ4n) is 6.45. The smallest absolute Gasteiger partial charge is 0.268 e. The number of phosphoric acid groups is 1. The second-order valence-corrected chi connectivity index (χ2v) is 17.8. The molecular weight excluding hydrogens is 671 g/mol. The molecule has 0 heterocycles. The van der Waals surface area contributed by atoms with E-state index in [1.807, 2.05) is 21.1 Å². The second kappa shape index (κ2) is 35.9. The third-order valence-electron chi connectivity index (χ3n) is 10.0. The van der Waals surface area contributed by atoms with Crippen LogP contribution < -0.4 is 10.2 Å². The molecule has 0 radical (unpaired) electrons. The van der Waals surface area contributed by atoms with Crippen molar-refractivity contribution >= 4 is 13.7 Å². The average Bonchev–Trinajstić information content (AvgIpc) is 3.09. The second-order valence-electron chi connectivity index (χ2n) is 16.4. The van der Waals surface area contributed by atoms with Gasteiger partial charge in [0.15, 0.2) is 0 Å². The number of phosphoric ester groups is 1. The van der Waals surface area contributed by atoms with E-state index in [9.17, 15) is 19.4 Å². The molecule has 0 bridgehead atoms. The van der Waals surface area contributed by atoms with E-state index in [-0.39, 0.29) is 19.1 Å². The highest BCUT2D eigenvalue weighted by atomic mass is 31.2. The van der Waals surface area contributed by atoms with Gasteiger partial charge in [0.1, 0.15) is 13.2 Å². The lowest BCUT2D eigenvalue weighted by atomic mass is 10.0. The summed E-state index contributed by atoms with van der Waals surface area (Å²) >= 11 is 0. The van der Waals surface area contributed by atoms with Gasteiger partial charge in [-0.3, -0.25) is 9.36 Å². The van der Waals surface area contributed by atoms with E-state index in [0.717, 1.165) is 44.9 Å². The predicted molar refractivity (Wildman–Crippen MR) is 219 cm³/mol. The minimum atomic E-state index is -4.56. The SMILES string of the molecule is CCCCCCCC/C=C/CCCC[C@@H](O)[C@H](COP(=O)([O-])OCC[N+](C)(C)C)NC(=O)CCCCCCCCCCCCCCCCCCCC. The van der Waals surface area contributed by atoms with Gasteiger partial charge in [-0.25, -0.2) is 0 Å². The monoisotopic (exact) mass is 759 g/mol. The molecule has 0 spiro atoms. The molecule has 9 heteroatoms. The van der Waals surface area contributed by atoms with E-state index in [1.165, 1.54) is 135 Å². The maximum Gasteiger partial charge on any atom is 0.268 e. The van der Waals surface area contributed by atoms with Crippen molar-refractivity contribution in [1.29, 1.82) is 0 Å². The van der Waals surface area contributed by atoms with Gasteiger partial charge in [-0.05, 0) is 38.5 Å². The first-order chi connectivity index (χ1) is 25.0. The Hall–Kier alpha value is -0.760. The Balaban J connectivity index is 4.33. The van der Waals surface area contributed by atoms with Crippen LogP contribution in [0.5, 0.6) is 0 Å². The fourth-order valence-corrected chi connectivity index (χ4v) is 7.17. The number of hydrogen-bond acceptors (Lipinski definition) is 6. The Morgan fingerprint density at radius 3 is 1.50 bits per heavy atom. The van der Waals surface area contributed by atoms with E-state index < -0.39 is 20.0 Å². The molecule has 0 aromatic carbocycles. The maximum atomic E-state index is 12.8. The molecule has 0 saturated carbocycles. The molecular formula is C43H87N2O6P. The molecule has 0 aromatic heterocycles. The van der Waals surface area contributed by atoms with Crippen molar-refractivity contribution in [3.05, 3.63) is 12.2 Å². The summed E-state index contributed by atoms with van der Waals surface area (Å²) in [6, 6.07) is -0.810. The molecule has 1 unspecified atom stereocenters. The third kappa shape index (κ3) is 37.6. The van der Waals surface area contributed by atoms with Crippen molar-refractivity contribution in [2.24, 2.45) is 0 Å². The van der Waals surface area contributed by atoms with Crippen LogP contribution in [0, 0.1) is 0 Å². The van der Waals surface area contributed by atoms with Crippen molar-refractivity contribution in [1.82, 2.24) is 5.32 Å². The van der Waals surface area contributed by atoms with E-state index in [4.69, 9.17) is 9.05 Å². The van der Waals surface area contributed by atoms with Gasteiger partial charge in [-0.15, -0.1) is 0 Å². The molecule has 0 rings (SSSR count). The van der Waals surface area contributed by atoms with Gasteiger partial charge in [-0.2, -0.15) is 0 Å². The molecule has 52 heavy (non-hydrogen) atoms. The number of carbonyl (C=O) groups is 1. The lowest BCUT2D eigenvalue weighted by Gasteiger charge is -2.30. The van der Waals surface area contributed by atoms with Crippen LogP contribution in [-0.2, 0) is 18.4 Å². The number of allylic oxidation sites excluding steroid dienone is 2. The topological polar surface area (TPSA) is 108 Å². The van der Waals surface area contributed by atoms with Gasteiger partial charge in [-0.1, -0.05) is 174 Å². The number of nitrogens with one attached hydrogen (secondary N) is 1.